The van der Waals surface area contributed by atoms with Crippen LogP contribution in [-0.2, 0) is 17.8 Å². The van der Waals surface area contributed by atoms with Crippen molar-refractivity contribution in [1.82, 2.24) is 4.90 Å². The van der Waals surface area contributed by atoms with Gasteiger partial charge in [0.2, 0.25) is 0 Å². The lowest BCUT2D eigenvalue weighted by Gasteiger charge is -2.23. The van der Waals surface area contributed by atoms with E-state index in [0.29, 0.717) is 37.7 Å². The number of nitrogen functional groups attached to an aromatic ring is 1. The lowest BCUT2D eigenvalue weighted by atomic mass is 10.1. The molecule has 5 nitrogen and oxygen atoms in total. The van der Waals surface area contributed by atoms with Gasteiger partial charge in [-0.2, -0.15) is 0 Å². The third-order valence-electron chi connectivity index (χ3n) is 4.90. The fourth-order valence-electron chi connectivity index (χ4n) is 3.26. The molecule has 174 valence electrons. The summed E-state index contributed by atoms with van der Waals surface area (Å²) in [7, 11) is 0. The molecule has 0 unspecified atom stereocenters. The molecule has 0 spiro atoms. The van der Waals surface area contributed by atoms with Gasteiger partial charge in [-0.15, -0.1) is 0 Å². The maximum Gasteiger partial charge on any atom is 0.342 e. The van der Waals surface area contributed by atoms with Crippen molar-refractivity contribution in [2.75, 3.05) is 25.5 Å². The number of esters is 1. The molecule has 0 saturated heterocycles. The zero-order valence-corrected chi connectivity index (χ0v) is 18.9. The zero-order valence-electron chi connectivity index (χ0n) is 18.2. The molecule has 0 radical (unpaired) electrons. The van der Waals surface area contributed by atoms with Gasteiger partial charge in [0, 0.05) is 25.7 Å². The molecule has 0 saturated carbocycles. The molecule has 2 N–H and O–H groups in total. The van der Waals surface area contributed by atoms with E-state index in [-0.39, 0.29) is 28.8 Å². The van der Waals surface area contributed by atoms with Gasteiger partial charge in [0.1, 0.15) is 29.6 Å². The lowest BCUT2D eigenvalue weighted by Crippen LogP contribution is -2.28. The van der Waals surface area contributed by atoms with Crippen LogP contribution in [0, 0.1) is 11.6 Å². The maximum atomic E-state index is 13.3. The summed E-state index contributed by atoms with van der Waals surface area (Å²) in [5, 5.41) is 0.236. The van der Waals surface area contributed by atoms with Crippen LogP contribution in [0.25, 0.3) is 0 Å². The number of anilines is 1. The largest absolute Gasteiger partial charge is 0.493 e. The predicted octanol–water partition coefficient (Wildman–Crippen LogP) is 5.46. The third kappa shape index (κ3) is 7.17. The van der Waals surface area contributed by atoms with E-state index in [1.165, 1.54) is 36.4 Å². The molecule has 3 aromatic rings. The van der Waals surface area contributed by atoms with Crippen LogP contribution in [0.15, 0.2) is 60.7 Å². The Kier molecular flexibility index (Phi) is 8.63. The minimum atomic E-state index is -0.580. The quantitative estimate of drug-likeness (QED) is 0.312. The molecule has 0 aromatic heterocycles. The van der Waals surface area contributed by atoms with Crippen molar-refractivity contribution in [3.63, 3.8) is 0 Å². The first-order valence-corrected chi connectivity index (χ1v) is 10.8. The van der Waals surface area contributed by atoms with Crippen LogP contribution in [0.4, 0.5) is 14.5 Å². The number of carbonyl (C=O) groups is 1. The van der Waals surface area contributed by atoms with Gasteiger partial charge in [-0.25, -0.2) is 13.6 Å². The number of carbonyl (C=O) groups excluding carboxylic acids is 1. The highest BCUT2D eigenvalue weighted by atomic mass is 35.5. The molecule has 8 heteroatoms. The smallest absolute Gasteiger partial charge is 0.342 e. The van der Waals surface area contributed by atoms with Gasteiger partial charge in [0.15, 0.2) is 0 Å². The molecule has 0 heterocycles. The highest BCUT2D eigenvalue weighted by Gasteiger charge is 2.18. The van der Waals surface area contributed by atoms with E-state index < -0.39 is 5.97 Å². The van der Waals surface area contributed by atoms with Crippen molar-refractivity contribution < 1.29 is 23.0 Å². The molecule has 33 heavy (non-hydrogen) atoms. The molecule has 0 aliphatic heterocycles. The van der Waals surface area contributed by atoms with Gasteiger partial charge in [0.05, 0.1) is 17.3 Å². The van der Waals surface area contributed by atoms with Crippen LogP contribution in [0.3, 0.4) is 0 Å². The van der Waals surface area contributed by atoms with Gasteiger partial charge >= 0.3 is 5.97 Å². The number of rotatable bonds is 10. The Balaban J connectivity index is 1.68. The maximum absolute atomic E-state index is 13.3. The summed E-state index contributed by atoms with van der Waals surface area (Å²) in [4.78, 5) is 14.7. The molecule has 0 atom stereocenters. The van der Waals surface area contributed by atoms with E-state index in [4.69, 9.17) is 26.8 Å². The van der Waals surface area contributed by atoms with Gasteiger partial charge in [-0.3, -0.25) is 4.90 Å². The minimum Gasteiger partial charge on any atom is -0.493 e. The van der Waals surface area contributed by atoms with Crippen molar-refractivity contribution in [3.05, 3.63) is 94.0 Å². The summed E-state index contributed by atoms with van der Waals surface area (Å²) >= 11 is 6.07. The summed E-state index contributed by atoms with van der Waals surface area (Å²) in [6, 6.07) is 15.3. The molecule has 3 rings (SSSR count). The van der Waals surface area contributed by atoms with E-state index in [1.807, 2.05) is 4.90 Å². The fourth-order valence-corrected chi connectivity index (χ4v) is 3.42. The number of nitrogens with zero attached hydrogens (tertiary/aromatic N) is 1. The van der Waals surface area contributed by atoms with Crippen LogP contribution in [0.5, 0.6) is 5.75 Å². The van der Waals surface area contributed by atoms with Gasteiger partial charge in [0.25, 0.3) is 0 Å². The Hall–Kier alpha value is -3.16. The van der Waals surface area contributed by atoms with Crippen molar-refractivity contribution in [2.45, 2.75) is 20.0 Å². The standard InChI is InChI=1S/C25H25ClF2N2O3/c1-2-32-24-14-23(29)22(26)13-21(24)25(31)33-12-11-30(15-17-3-7-19(27)8-4-17)16-18-5-9-20(28)10-6-18/h3-10,13-14H,2,11-12,15-16,29H2,1H3. The zero-order chi connectivity index (χ0) is 23.8. The number of halogens is 3. The van der Waals surface area contributed by atoms with Crippen molar-refractivity contribution in [3.8, 4) is 5.75 Å². The molecule has 0 bridgehead atoms. The van der Waals surface area contributed by atoms with Crippen LogP contribution in [0.1, 0.15) is 28.4 Å². The molecule has 0 aliphatic carbocycles. The van der Waals surface area contributed by atoms with Gasteiger partial charge < -0.3 is 15.2 Å². The molecule has 3 aromatic carbocycles. The highest BCUT2D eigenvalue weighted by molar-refractivity contribution is 6.33. The summed E-state index contributed by atoms with van der Waals surface area (Å²) in [5.41, 5.74) is 8.10. The normalized spacial score (nSPS) is 10.9. The highest BCUT2D eigenvalue weighted by Crippen LogP contribution is 2.29. The van der Waals surface area contributed by atoms with Crippen LogP contribution >= 0.6 is 11.6 Å². The first-order chi connectivity index (χ1) is 15.9. The van der Waals surface area contributed by atoms with Crippen LogP contribution in [-0.4, -0.2) is 30.6 Å². The first kappa shape index (κ1) is 24.5. The Labute approximate surface area is 196 Å². The van der Waals surface area contributed by atoms with Crippen molar-refractivity contribution in [2.24, 2.45) is 0 Å². The Bertz CT molecular complexity index is 1030. The van der Waals surface area contributed by atoms with Crippen LogP contribution < -0.4 is 10.5 Å². The average Bonchev–Trinajstić information content (AvgIpc) is 2.79. The summed E-state index contributed by atoms with van der Waals surface area (Å²) < 4.78 is 37.5. The summed E-state index contributed by atoms with van der Waals surface area (Å²) in [5.74, 6) is -0.905. The van der Waals surface area contributed by atoms with E-state index in [2.05, 4.69) is 0 Å². The second kappa shape index (κ2) is 11.6. The summed E-state index contributed by atoms with van der Waals surface area (Å²) in [6.45, 7) is 3.62. The van der Waals surface area contributed by atoms with E-state index >= 15 is 0 Å². The van der Waals surface area contributed by atoms with E-state index in [1.54, 1.807) is 31.2 Å². The van der Waals surface area contributed by atoms with Crippen molar-refractivity contribution in [1.29, 1.82) is 0 Å². The Morgan fingerprint density at radius 3 is 2.03 bits per heavy atom. The Morgan fingerprint density at radius 1 is 0.970 bits per heavy atom. The second-order valence-electron chi connectivity index (χ2n) is 7.40. The lowest BCUT2D eigenvalue weighted by molar-refractivity contribution is 0.0449. The van der Waals surface area contributed by atoms with Gasteiger partial charge in [-0.05, 0) is 48.4 Å². The summed E-state index contributed by atoms with van der Waals surface area (Å²) in [6.07, 6.45) is 0. The van der Waals surface area contributed by atoms with E-state index in [9.17, 15) is 13.6 Å². The number of ether oxygens (including phenoxy) is 2. The predicted molar refractivity (Wildman–Crippen MR) is 124 cm³/mol. The monoisotopic (exact) mass is 474 g/mol. The number of hydrogen-bond acceptors (Lipinski definition) is 5. The van der Waals surface area contributed by atoms with Crippen LogP contribution in [0.2, 0.25) is 5.02 Å². The number of nitrogens with two attached hydrogens (primary N) is 1. The second-order valence-corrected chi connectivity index (χ2v) is 7.81. The molecular formula is C25H25ClF2N2O3. The minimum absolute atomic E-state index is 0.0920. The fraction of sp³-hybridized carbons (Fsp3) is 0.240. The number of hydrogen-bond donors (Lipinski definition) is 1. The molecular weight excluding hydrogens is 450 g/mol. The molecule has 0 fully saturated rings. The average molecular weight is 475 g/mol. The SMILES string of the molecule is CCOc1cc(N)c(Cl)cc1C(=O)OCCN(Cc1ccc(F)cc1)Cc1ccc(F)cc1. The third-order valence-corrected chi connectivity index (χ3v) is 5.23. The Morgan fingerprint density at radius 2 is 1.52 bits per heavy atom. The van der Waals surface area contributed by atoms with Gasteiger partial charge in [-0.1, -0.05) is 35.9 Å². The molecule has 0 amide bonds. The van der Waals surface area contributed by atoms with E-state index in [0.717, 1.165) is 11.1 Å². The molecule has 0 aliphatic rings. The first-order valence-electron chi connectivity index (χ1n) is 10.5. The number of benzene rings is 3. The van der Waals surface area contributed by atoms with Crippen molar-refractivity contribution >= 4 is 23.3 Å². The topological polar surface area (TPSA) is 64.8 Å².